The molecule has 1 N–H and O–H groups in total. The summed E-state index contributed by atoms with van der Waals surface area (Å²) in [5, 5.41) is 10.3. The Balaban J connectivity index is 2.39. The van der Waals surface area contributed by atoms with Gasteiger partial charge in [-0.3, -0.25) is 4.90 Å². The molecule has 0 saturated carbocycles. The van der Waals surface area contributed by atoms with E-state index in [0.29, 0.717) is 12.1 Å². The maximum atomic E-state index is 11.6. The number of aromatic carboxylic acids is 1. The van der Waals surface area contributed by atoms with Crippen LogP contribution in [-0.4, -0.2) is 41.2 Å². The van der Waals surface area contributed by atoms with Crippen molar-refractivity contribution in [1.82, 2.24) is 9.47 Å². The highest BCUT2D eigenvalue weighted by molar-refractivity contribution is 6.06. The molecule has 1 aliphatic heterocycles. The molecule has 0 spiro atoms. The number of aromatic nitrogens is 1. The molecule has 100 valence electrons. The first-order chi connectivity index (χ1) is 9.13. The Labute approximate surface area is 111 Å². The van der Waals surface area contributed by atoms with Gasteiger partial charge in [0.05, 0.1) is 18.2 Å². The molecule has 2 aromatic rings. The summed E-state index contributed by atoms with van der Waals surface area (Å²) in [4.78, 5) is 13.7. The maximum absolute atomic E-state index is 11.6. The Morgan fingerprint density at radius 1 is 1.37 bits per heavy atom. The quantitative estimate of drug-likeness (QED) is 0.894. The number of methoxy groups -OCH3 is 1. The zero-order chi connectivity index (χ0) is 13.6. The van der Waals surface area contributed by atoms with E-state index in [0.717, 1.165) is 35.4 Å². The van der Waals surface area contributed by atoms with Crippen LogP contribution in [0.1, 0.15) is 16.1 Å². The van der Waals surface area contributed by atoms with E-state index < -0.39 is 5.97 Å². The predicted octanol–water partition coefficient (Wildman–Crippen LogP) is 1.79. The summed E-state index contributed by atoms with van der Waals surface area (Å²) in [5.74, 6) is -0.141. The van der Waals surface area contributed by atoms with Gasteiger partial charge in [0.25, 0.3) is 0 Å². The van der Waals surface area contributed by atoms with Crippen LogP contribution >= 0.6 is 0 Å². The van der Waals surface area contributed by atoms with E-state index in [1.165, 1.54) is 0 Å². The van der Waals surface area contributed by atoms with Crippen molar-refractivity contribution in [1.29, 1.82) is 0 Å². The summed E-state index contributed by atoms with van der Waals surface area (Å²) >= 11 is 0. The van der Waals surface area contributed by atoms with E-state index >= 15 is 0 Å². The minimum Gasteiger partial charge on any atom is -0.495 e. The lowest BCUT2D eigenvalue weighted by molar-refractivity contribution is 0.0695. The molecule has 5 heteroatoms. The summed E-state index contributed by atoms with van der Waals surface area (Å²) in [7, 11) is 3.62. The lowest BCUT2D eigenvalue weighted by Crippen LogP contribution is -2.31. The number of carboxylic acids is 1. The fourth-order valence-corrected chi connectivity index (χ4v) is 2.85. The first-order valence-electron chi connectivity index (χ1n) is 6.23. The Morgan fingerprint density at radius 3 is 2.84 bits per heavy atom. The molecule has 0 atom stereocenters. The van der Waals surface area contributed by atoms with E-state index in [1.807, 2.05) is 25.2 Å². The highest BCUT2D eigenvalue weighted by Gasteiger charge is 2.27. The van der Waals surface area contributed by atoms with Crippen LogP contribution in [0.25, 0.3) is 10.9 Å². The van der Waals surface area contributed by atoms with Crippen molar-refractivity contribution in [2.45, 2.75) is 13.1 Å². The molecule has 3 rings (SSSR count). The number of rotatable bonds is 2. The van der Waals surface area contributed by atoms with Crippen LogP contribution in [-0.2, 0) is 13.1 Å². The number of hydrogen-bond donors (Lipinski definition) is 1. The van der Waals surface area contributed by atoms with Gasteiger partial charge in [-0.15, -0.1) is 0 Å². The molecule has 0 radical (unpaired) electrons. The van der Waals surface area contributed by atoms with Gasteiger partial charge < -0.3 is 14.4 Å². The van der Waals surface area contributed by atoms with E-state index in [4.69, 9.17) is 4.74 Å². The zero-order valence-electron chi connectivity index (χ0n) is 11.0. The number of benzene rings is 1. The topological polar surface area (TPSA) is 54.7 Å². The molecule has 5 nitrogen and oxygen atoms in total. The zero-order valence-corrected chi connectivity index (χ0v) is 11.0. The van der Waals surface area contributed by atoms with Crippen molar-refractivity contribution in [3.8, 4) is 5.75 Å². The Bertz CT molecular complexity index is 660. The standard InChI is InChI=1S/C14H16N2O3/c1-15-6-7-16-10(8-15)12(14(17)18)9-4-3-5-11(19-2)13(9)16/h3-5H,6-8H2,1-2H3,(H,17,18). The smallest absolute Gasteiger partial charge is 0.338 e. The molecule has 0 aliphatic carbocycles. The van der Waals surface area contributed by atoms with Gasteiger partial charge in [-0.1, -0.05) is 12.1 Å². The lowest BCUT2D eigenvalue weighted by atomic mass is 10.1. The molecule has 19 heavy (non-hydrogen) atoms. The number of nitrogens with zero attached hydrogens (tertiary/aromatic N) is 2. The third-order valence-electron chi connectivity index (χ3n) is 3.71. The van der Waals surface area contributed by atoms with Crippen molar-refractivity contribution < 1.29 is 14.6 Å². The molecule has 2 heterocycles. The summed E-state index contributed by atoms with van der Waals surface area (Å²) in [6.07, 6.45) is 0. The van der Waals surface area contributed by atoms with Crippen molar-refractivity contribution in [3.63, 3.8) is 0 Å². The number of carbonyl (C=O) groups is 1. The Hall–Kier alpha value is -2.01. The molecule has 0 amide bonds. The monoisotopic (exact) mass is 260 g/mol. The third kappa shape index (κ3) is 1.69. The van der Waals surface area contributed by atoms with Gasteiger partial charge in [0.2, 0.25) is 0 Å². The number of hydrogen-bond acceptors (Lipinski definition) is 3. The molecular weight excluding hydrogens is 244 g/mol. The summed E-state index contributed by atoms with van der Waals surface area (Å²) in [6, 6.07) is 5.57. The SMILES string of the molecule is COc1cccc2c(C(=O)O)c3n(c12)CCN(C)C3. The third-order valence-corrected chi connectivity index (χ3v) is 3.71. The molecule has 1 aromatic carbocycles. The van der Waals surface area contributed by atoms with Crippen molar-refractivity contribution in [3.05, 3.63) is 29.5 Å². The molecule has 1 aliphatic rings. The summed E-state index contributed by atoms with van der Waals surface area (Å²) in [6.45, 7) is 2.35. The van der Waals surface area contributed by atoms with Crippen LogP contribution in [0.2, 0.25) is 0 Å². The van der Waals surface area contributed by atoms with Crippen molar-refractivity contribution in [2.75, 3.05) is 20.7 Å². The predicted molar refractivity (Wildman–Crippen MR) is 71.8 cm³/mol. The van der Waals surface area contributed by atoms with Gasteiger partial charge in [-0.2, -0.15) is 0 Å². The lowest BCUT2D eigenvalue weighted by Gasteiger charge is -2.25. The number of para-hydroxylation sites is 1. The highest BCUT2D eigenvalue weighted by atomic mass is 16.5. The van der Waals surface area contributed by atoms with E-state index in [-0.39, 0.29) is 0 Å². The molecule has 0 saturated heterocycles. The fraction of sp³-hybridized carbons (Fsp3) is 0.357. The van der Waals surface area contributed by atoms with E-state index in [9.17, 15) is 9.90 Å². The van der Waals surface area contributed by atoms with Crippen molar-refractivity contribution >= 4 is 16.9 Å². The molecular formula is C14H16N2O3. The van der Waals surface area contributed by atoms with Gasteiger partial charge >= 0.3 is 5.97 Å². The van der Waals surface area contributed by atoms with E-state index in [1.54, 1.807) is 7.11 Å². The van der Waals surface area contributed by atoms with E-state index in [2.05, 4.69) is 9.47 Å². The number of likely N-dealkylation sites (N-methyl/N-ethyl adjacent to an activating group) is 1. The molecule has 0 bridgehead atoms. The van der Waals surface area contributed by atoms with Gasteiger partial charge in [0.1, 0.15) is 5.75 Å². The van der Waals surface area contributed by atoms with Gasteiger partial charge in [-0.05, 0) is 13.1 Å². The molecule has 1 aromatic heterocycles. The maximum Gasteiger partial charge on any atom is 0.338 e. The minimum absolute atomic E-state index is 0.403. The van der Waals surface area contributed by atoms with Crippen LogP contribution in [0.15, 0.2) is 18.2 Å². The molecule has 0 fully saturated rings. The van der Waals surface area contributed by atoms with Crippen LogP contribution in [0, 0.1) is 0 Å². The second kappa shape index (κ2) is 4.28. The highest BCUT2D eigenvalue weighted by Crippen LogP contribution is 2.34. The Morgan fingerprint density at radius 2 is 2.16 bits per heavy atom. The number of ether oxygens (including phenoxy) is 1. The van der Waals surface area contributed by atoms with Gasteiger partial charge in [-0.25, -0.2) is 4.79 Å². The number of fused-ring (bicyclic) bond motifs is 3. The first kappa shape index (κ1) is 12.0. The normalized spacial score (nSPS) is 15.5. The van der Waals surface area contributed by atoms with Crippen LogP contribution < -0.4 is 4.74 Å². The summed E-state index contributed by atoms with van der Waals surface area (Å²) in [5.41, 5.74) is 2.16. The largest absolute Gasteiger partial charge is 0.495 e. The minimum atomic E-state index is -0.873. The van der Waals surface area contributed by atoms with Gasteiger partial charge in [0, 0.05) is 30.7 Å². The second-order valence-corrected chi connectivity index (χ2v) is 4.87. The first-order valence-corrected chi connectivity index (χ1v) is 6.23. The van der Waals surface area contributed by atoms with Crippen molar-refractivity contribution in [2.24, 2.45) is 0 Å². The summed E-state index contributed by atoms with van der Waals surface area (Å²) < 4.78 is 7.47. The fourth-order valence-electron chi connectivity index (χ4n) is 2.85. The second-order valence-electron chi connectivity index (χ2n) is 4.87. The molecule has 0 unspecified atom stereocenters. The average molecular weight is 260 g/mol. The Kier molecular flexibility index (Phi) is 2.71. The van der Waals surface area contributed by atoms with Gasteiger partial charge in [0.15, 0.2) is 0 Å². The van der Waals surface area contributed by atoms with Crippen LogP contribution in [0.5, 0.6) is 5.75 Å². The number of carboxylic acid groups (broad SMARTS) is 1. The van der Waals surface area contributed by atoms with Crippen LogP contribution in [0.4, 0.5) is 0 Å². The van der Waals surface area contributed by atoms with Crippen LogP contribution in [0.3, 0.4) is 0 Å². The average Bonchev–Trinajstić information content (AvgIpc) is 2.71.